The predicted octanol–water partition coefficient (Wildman–Crippen LogP) is -0.515. The second-order valence-electron chi connectivity index (χ2n) is 5.41. The number of carbonyl (C=O) groups is 2. The number of nitrogens with two attached hydrogens (primary N) is 1. The van der Waals surface area contributed by atoms with Crippen molar-refractivity contribution in [3.63, 3.8) is 0 Å². The Morgan fingerprint density at radius 1 is 1.31 bits per heavy atom. The molecule has 0 aliphatic rings. The number of aromatic carboxylic acids is 1. The summed E-state index contributed by atoms with van der Waals surface area (Å²) < 4.78 is 46.3. The van der Waals surface area contributed by atoms with Gasteiger partial charge in [-0.1, -0.05) is 0 Å². The Morgan fingerprint density at radius 3 is 2.50 bits per heavy atom. The van der Waals surface area contributed by atoms with Gasteiger partial charge >= 0.3 is 5.97 Å². The second-order valence-corrected chi connectivity index (χ2v) is 10.3. The molecule has 1 amide bonds. The Morgan fingerprint density at radius 2 is 1.96 bits per heavy atom. The number of rotatable bonds is 7. The standard InChI is InChI=1S/C13H15N3O7S3/c1-25(20,21)10(11(17)15-4-5-26(14,22)23)12-16-8-3-2-7(13(18)19)6-9(8)24-12/h2-3,6,10H,4-5H2,1H3,(H,15,17)(H,18,19)(H2,14,22,23). The van der Waals surface area contributed by atoms with Gasteiger partial charge in [0.2, 0.25) is 15.9 Å². The van der Waals surface area contributed by atoms with Crippen LogP contribution in [0.15, 0.2) is 18.2 Å². The van der Waals surface area contributed by atoms with Crippen LogP contribution in [0.4, 0.5) is 0 Å². The fourth-order valence-electron chi connectivity index (χ4n) is 2.09. The van der Waals surface area contributed by atoms with Crippen molar-refractivity contribution < 1.29 is 31.5 Å². The highest BCUT2D eigenvalue weighted by Gasteiger charge is 2.34. The molecule has 0 spiro atoms. The van der Waals surface area contributed by atoms with Gasteiger partial charge in [-0.05, 0) is 18.2 Å². The van der Waals surface area contributed by atoms with Gasteiger partial charge in [-0.3, -0.25) is 4.79 Å². The van der Waals surface area contributed by atoms with Crippen molar-refractivity contribution in [1.29, 1.82) is 0 Å². The highest BCUT2D eigenvalue weighted by molar-refractivity contribution is 7.91. The fourth-order valence-corrected chi connectivity index (χ4v) is 5.02. The highest BCUT2D eigenvalue weighted by atomic mass is 32.2. The maximum atomic E-state index is 12.3. The van der Waals surface area contributed by atoms with Gasteiger partial charge in [0, 0.05) is 12.8 Å². The third-order valence-corrected chi connectivity index (χ3v) is 6.53. The average Bonchev–Trinajstić information content (AvgIpc) is 2.86. The van der Waals surface area contributed by atoms with E-state index in [0.717, 1.165) is 17.6 Å². The summed E-state index contributed by atoms with van der Waals surface area (Å²) in [6.07, 6.45) is 0.853. The Balaban J connectivity index is 2.36. The van der Waals surface area contributed by atoms with E-state index in [4.69, 9.17) is 10.2 Å². The Bertz CT molecular complexity index is 1070. The molecule has 4 N–H and O–H groups in total. The predicted molar refractivity (Wildman–Crippen MR) is 95.1 cm³/mol. The fraction of sp³-hybridized carbons (Fsp3) is 0.308. The molecule has 10 nitrogen and oxygen atoms in total. The van der Waals surface area contributed by atoms with Crippen LogP contribution in [-0.2, 0) is 24.7 Å². The zero-order valence-electron chi connectivity index (χ0n) is 13.4. The van der Waals surface area contributed by atoms with Crippen molar-refractivity contribution in [2.75, 3.05) is 18.6 Å². The van der Waals surface area contributed by atoms with Crippen LogP contribution in [0.3, 0.4) is 0 Å². The maximum absolute atomic E-state index is 12.3. The minimum Gasteiger partial charge on any atom is -0.478 e. The number of thiazole rings is 1. The van der Waals surface area contributed by atoms with E-state index in [1.807, 2.05) is 0 Å². The van der Waals surface area contributed by atoms with Crippen LogP contribution < -0.4 is 10.5 Å². The van der Waals surface area contributed by atoms with Crippen LogP contribution in [-0.4, -0.2) is 57.4 Å². The second kappa shape index (κ2) is 7.26. The number of nitrogens with zero attached hydrogens (tertiary/aromatic N) is 1. The van der Waals surface area contributed by atoms with Gasteiger partial charge in [-0.2, -0.15) is 0 Å². The van der Waals surface area contributed by atoms with E-state index in [1.165, 1.54) is 18.2 Å². The lowest BCUT2D eigenvalue weighted by Crippen LogP contribution is -2.37. The molecule has 1 heterocycles. The van der Waals surface area contributed by atoms with E-state index in [0.29, 0.717) is 10.2 Å². The highest BCUT2D eigenvalue weighted by Crippen LogP contribution is 2.31. The van der Waals surface area contributed by atoms with E-state index < -0.39 is 42.7 Å². The van der Waals surface area contributed by atoms with Crippen LogP contribution in [0.1, 0.15) is 20.6 Å². The number of carboxylic acid groups (broad SMARTS) is 1. The number of sulfonamides is 1. The molecule has 13 heteroatoms. The first-order valence-corrected chi connectivity index (χ1v) is 11.5. The van der Waals surface area contributed by atoms with Crippen molar-refractivity contribution >= 4 is 53.3 Å². The zero-order chi connectivity index (χ0) is 19.7. The first-order chi connectivity index (χ1) is 11.9. The summed E-state index contributed by atoms with van der Waals surface area (Å²) in [4.78, 5) is 27.4. The van der Waals surface area contributed by atoms with E-state index in [2.05, 4.69) is 10.3 Å². The number of fused-ring (bicyclic) bond motifs is 1. The summed E-state index contributed by atoms with van der Waals surface area (Å²) in [6.45, 7) is -0.349. The number of benzene rings is 1. The SMILES string of the molecule is CS(=O)(=O)C(C(=O)NCCS(N)(=O)=O)c1nc2ccc(C(=O)O)cc2s1. The lowest BCUT2D eigenvalue weighted by atomic mass is 10.2. The topological polar surface area (TPSA) is 174 Å². The van der Waals surface area contributed by atoms with Gasteiger partial charge in [-0.25, -0.2) is 31.8 Å². The van der Waals surface area contributed by atoms with Crippen LogP contribution in [0.5, 0.6) is 0 Å². The molecule has 0 radical (unpaired) electrons. The number of primary sulfonamides is 1. The number of hydrogen-bond acceptors (Lipinski definition) is 8. The normalized spacial score (nSPS) is 13.5. The molecule has 142 valence electrons. The van der Waals surface area contributed by atoms with E-state index in [1.54, 1.807) is 0 Å². The van der Waals surface area contributed by atoms with Crippen molar-refractivity contribution in [1.82, 2.24) is 10.3 Å². The Kier molecular flexibility index (Phi) is 5.65. The number of hydrogen-bond donors (Lipinski definition) is 3. The van der Waals surface area contributed by atoms with Crippen molar-refractivity contribution in [3.8, 4) is 0 Å². The molecule has 1 atom stereocenters. The van der Waals surface area contributed by atoms with Crippen LogP contribution in [0.25, 0.3) is 10.2 Å². The zero-order valence-corrected chi connectivity index (χ0v) is 15.8. The molecule has 2 rings (SSSR count). The first kappa shape index (κ1) is 20.2. The largest absolute Gasteiger partial charge is 0.478 e. The van der Waals surface area contributed by atoms with E-state index in [9.17, 15) is 26.4 Å². The number of carbonyl (C=O) groups excluding carboxylic acids is 1. The average molecular weight is 421 g/mol. The Labute approximate surface area is 153 Å². The van der Waals surface area contributed by atoms with Crippen molar-refractivity contribution in [2.24, 2.45) is 5.14 Å². The molecular weight excluding hydrogens is 406 g/mol. The van der Waals surface area contributed by atoms with Gasteiger partial charge in [0.05, 0.1) is 21.5 Å². The van der Waals surface area contributed by atoms with E-state index in [-0.39, 0.29) is 17.1 Å². The van der Waals surface area contributed by atoms with Gasteiger partial charge < -0.3 is 10.4 Å². The number of sulfone groups is 1. The van der Waals surface area contributed by atoms with Gasteiger partial charge in [-0.15, -0.1) is 11.3 Å². The summed E-state index contributed by atoms with van der Waals surface area (Å²) >= 11 is 0.874. The number of nitrogens with one attached hydrogen (secondary N) is 1. The molecule has 1 unspecified atom stereocenters. The van der Waals surface area contributed by atoms with Crippen molar-refractivity contribution in [2.45, 2.75) is 5.25 Å². The lowest BCUT2D eigenvalue weighted by molar-refractivity contribution is -0.120. The van der Waals surface area contributed by atoms with Crippen molar-refractivity contribution in [3.05, 3.63) is 28.8 Å². The summed E-state index contributed by atoms with van der Waals surface area (Å²) in [7, 11) is -7.73. The number of aromatic nitrogens is 1. The number of amides is 1. The molecule has 0 bridgehead atoms. The summed E-state index contributed by atoms with van der Waals surface area (Å²) in [5.41, 5.74) is 0.349. The molecule has 26 heavy (non-hydrogen) atoms. The molecule has 0 saturated carbocycles. The van der Waals surface area contributed by atoms with Gasteiger partial charge in [0.25, 0.3) is 0 Å². The number of carboxylic acids is 1. The molecule has 1 aromatic heterocycles. The minimum absolute atomic E-state index is 0.00112. The molecular formula is C13H15N3O7S3. The lowest BCUT2D eigenvalue weighted by Gasteiger charge is -2.12. The summed E-state index contributed by atoms with van der Waals surface area (Å²) in [5, 5.41) is 14.4. The smallest absolute Gasteiger partial charge is 0.335 e. The van der Waals surface area contributed by atoms with Crippen LogP contribution in [0, 0.1) is 0 Å². The van der Waals surface area contributed by atoms with Crippen LogP contribution in [0.2, 0.25) is 0 Å². The first-order valence-electron chi connectivity index (χ1n) is 6.99. The molecule has 0 aliphatic heterocycles. The van der Waals surface area contributed by atoms with E-state index >= 15 is 0 Å². The molecule has 0 fully saturated rings. The molecule has 2 aromatic rings. The third-order valence-electron chi connectivity index (χ3n) is 3.23. The molecule has 0 saturated heterocycles. The summed E-state index contributed by atoms with van der Waals surface area (Å²) in [5.74, 6) is -2.63. The van der Waals surface area contributed by atoms with Crippen LogP contribution >= 0.6 is 11.3 Å². The molecule has 1 aromatic carbocycles. The maximum Gasteiger partial charge on any atom is 0.335 e. The monoisotopic (exact) mass is 421 g/mol. The minimum atomic E-state index is -3.92. The Hall–Kier alpha value is -2.09. The van der Waals surface area contributed by atoms with Gasteiger partial charge in [0.15, 0.2) is 15.1 Å². The summed E-state index contributed by atoms with van der Waals surface area (Å²) in [6, 6.07) is 4.06. The quantitative estimate of drug-likeness (QED) is 0.535. The molecule has 0 aliphatic carbocycles. The van der Waals surface area contributed by atoms with Gasteiger partial charge in [0.1, 0.15) is 5.01 Å². The third kappa shape index (κ3) is 4.97.